The fourth-order valence-corrected chi connectivity index (χ4v) is 3.41. The summed E-state index contributed by atoms with van der Waals surface area (Å²) in [5.74, 6) is -0.614. The molecule has 0 radical (unpaired) electrons. The van der Waals surface area contributed by atoms with Crippen LogP contribution in [0.25, 0.3) is 11.3 Å². The molecule has 0 N–H and O–H groups in total. The summed E-state index contributed by atoms with van der Waals surface area (Å²) in [5, 5.41) is 6.50. The number of hydrogen-bond donors (Lipinski definition) is 0. The molecule has 1 heterocycles. The molecule has 0 fully saturated rings. The van der Waals surface area contributed by atoms with Crippen molar-refractivity contribution >= 4 is 17.0 Å². The van der Waals surface area contributed by atoms with Crippen molar-refractivity contribution in [3.63, 3.8) is 0 Å². The predicted molar refractivity (Wildman–Crippen MR) is 102 cm³/mol. The van der Waals surface area contributed by atoms with Crippen LogP contribution in [0, 0.1) is 11.6 Å². The van der Waals surface area contributed by atoms with Crippen LogP contribution in [0.5, 0.6) is 0 Å². The van der Waals surface area contributed by atoms with Crippen molar-refractivity contribution in [3.05, 3.63) is 75.9 Å². The minimum atomic E-state index is -0.315. The maximum atomic E-state index is 14.3. The Morgan fingerprint density at radius 1 is 1.04 bits per heavy atom. The molecule has 2 aromatic carbocycles. The summed E-state index contributed by atoms with van der Waals surface area (Å²) in [6.07, 6.45) is 0. The number of hydrogen-bond acceptors (Lipinski definition) is 3. The lowest BCUT2D eigenvalue weighted by atomic mass is 10.1. The van der Waals surface area contributed by atoms with E-state index in [1.165, 1.54) is 29.5 Å². The van der Waals surface area contributed by atoms with Gasteiger partial charge in [0, 0.05) is 17.0 Å². The number of benzene rings is 2. The molecule has 3 nitrogen and oxygen atoms in total. The highest BCUT2D eigenvalue weighted by molar-refractivity contribution is 7.07. The van der Waals surface area contributed by atoms with Gasteiger partial charge >= 0.3 is 0 Å². The Morgan fingerprint density at radius 3 is 2.38 bits per heavy atom. The molecule has 3 aromatic rings. The largest absolute Gasteiger partial charge is 0.255 e. The van der Waals surface area contributed by atoms with E-state index >= 15 is 0 Å². The van der Waals surface area contributed by atoms with E-state index in [4.69, 9.17) is 0 Å². The molecule has 1 aromatic heterocycles. The van der Waals surface area contributed by atoms with Crippen LogP contribution in [0.4, 0.5) is 8.78 Å². The van der Waals surface area contributed by atoms with Crippen LogP contribution in [0.1, 0.15) is 26.3 Å². The molecule has 0 aliphatic rings. The van der Waals surface area contributed by atoms with Gasteiger partial charge in [-0.25, -0.2) is 13.5 Å². The molecule has 3 rings (SSSR count). The lowest BCUT2D eigenvalue weighted by Crippen LogP contribution is -2.16. The lowest BCUT2D eigenvalue weighted by Gasteiger charge is -2.07. The summed E-state index contributed by atoms with van der Waals surface area (Å²) in [6.45, 7) is 5.79. The molecule has 0 atom stereocenters. The topological polar surface area (TPSA) is 29.6 Å². The van der Waals surface area contributed by atoms with E-state index in [1.54, 1.807) is 35.0 Å². The molecule has 134 valence electrons. The molecule has 0 unspecified atom stereocenters. The smallest absolute Gasteiger partial charge is 0.206 e. The van der Waals surface area contributed by atoms with Gasteiger partial charge in [0.2, 0.25) is 4.80 Å². The maximum Gasteiger partial charge on any atom is 0.206 e. The van der Waals surface area contributed by atoms with Gasteiger partial charge in [0.05, 0.1) is 11.4 Å². The molecule has 6 heteroatoms. The zero-order chi connectivity index (χ0) is 18.7. The Bertz CT molecular complexity index is 998. The van der Waals surface area contributed by atoms with Gasteiger partial charge in [0.25, 0.3) is 0 Å². The Kier molecular flexibility index (Phi) is 5.42. The first-order valence-electron chi connectivity index (χ1n) is 8.26. The third kappa shape index (κ3) is 3.96. The number of thiazole rings is 1. The van der Waals surface area contributed by atoms with E-state index in [0.717, 1.165) is 5.56 Å². The summed E-state index contributed by atoms with van der Waals surface area (Å²) in [5.41, 5.74) is 2.57. The van der Waals surface area contributed by atoms with E-state index in [-0.39, 0.29) is 17.7 Å². The first kappa shape index (κ1) is 18.2. The van der Waals surface area contributed by atoms with Crippen LogP contribution in [-0.2, 0) is 0 Å². The van der Waals surface area contributed by atoms with Crippen molar-refractivity contribution in [3.8, 4) is 11.3 Å². The fourth-order valence-electron chi connectivity index (χ4n) is 2.46. The Balaban J connectivity index is 2.18. The maximum absolute atomic E-state index is 14.3. The van der Waals surface area contributed by atoms with Crippen LogP contribution >= 0.6 is 11.3 Å². The van der Waals surface area contributed by atoms with Crippen LogP contribution in [0.15, 0.2) is 64.0 Å². The second kappa shape index (κ2) is 7.74. The van der Waals surface area contributed by atoms with Crippen molar-refractivity contribution in [2.24, 2.45) is 10.1 Å². The molecule has 0 saturated carbocycles. The average Bonchev–Trinajstić information content (AvgIpc) is 2.97. The Morgan fingerprint density at radius 2 is 1.73 bits per heavy atom. The van der Waals surface area contributed by atoms with Crippen molar-refractivity contribution in [1.82, 2.24) is 4.68 Å². The average molecular weight is 371 g/mol. The third-order valence-corrected chi connectivity index (χ3v) is 4.55. The molecule has 0 aliphatic heterocycles. The first-order chi connectivity index (χ1) is 12.5. The van der Waals surface area contributed by atoms with E-state index in [1.807, 2.05) is 26.2 Å². The zero-order valence-corrected chi connectivity index (χ0v) is 15.6. The zero-order valence-electron chi connectivity index (χ0n) is 14.8. The van der Waals surface area contributed by atoms with Crippen molar-refractivity contribution in [2.45, 2.75) is 26.8 Å². The van der Waals surface area contributed by atoms with Crippen LogP contribution in [0.2, 0.25) is 0 Å². The fraction of sp³-hybridized carbons (Fsp3) is 0.200. The predicted octanol–water partition coefficient (Wildman–Crippen LogP) is 5.08. The molecular weight excluding hydrogens is 352 g/mol. The van der Waals surface area contributed by atoms with Gasteiger partial charge in [0.1, 0.15) is 11.6 Å². The van der Waals surface area contributed by atoms with Gasteiger partial charge in [-0.1, -0.05) is 24.3 Å². The van der Waals surface area contributed by atoms with E-state index < -0.39 is 0 Å². The minimum absolute atomic E-state index is 0.0784. The molecule has 0 aliphatic carbocycles. The van der Waals surface area contributed by atoms with Crippen LogP contribution in [0.3, 0.4) is 0 Å². The van der Waals surface area contributed by atoms with Gasteiger partial charge < -0.3 is 0 Å². The SMILES string of the molecule is CC(=Nn1c(-c2ccccc2F)csc1=NC(C)C)c1ccc(F)cc1. The van der Waals surface area contributed by atoms with Gasteiger partial charge in [-0.2, -0.15) is 5.10 Å². The highest BCUT2D eigenvalue weighted by Gasteiger charge is 2.12. The summed E-state index contributed by atoms with van der Waals surface area (Å²) >= 11 is 1.41. The summed E-state index contributed by atoms with van der Waals surface area (Å²) in [7, 11) is 0. The van der Waals surface area contributed by atoms with Crippen molar-refractivity contribution < 1.29 is 8.78 Å². The van der Waals surface area contributed by atoms with Crippen LogP contribution < -0.4 is 4.80 Å². The normalized spacial score (nSPS) is 12.8. The summed E-state index contributed by atoms with van der Waals surface area (Å²) in [4.78, 5) is 5.27. The van der Waals surface area contributed by atoms with E-state index in [9.17, 15) is 8.78 Å². The van der Waals surface area contributed by atoms with Crippen LogP contribution in [-0.4, -0.2) is 16.4 Å². The first-order valence-corrected chi connectivity index (χ1v) is 9.14. The second-order valence-corrected chi connectivity index (χ2v) is 6.95. The molecule has 0 spiro atoms. The van der Waals surface area contributed by atoms with E-state index in [2.05, 4.69) is 10.1 Å². The Hall–Kier alpha value is -2.60. The second-order valence-electron chi connectivity index (χ2n) is 6.11. The third-order valence-electron chi connectivity index (χ3n) is 3.72. The van der Waals surface area contributed by atoms with E-state index in [0.29, 0.717) is 21.8 Å². The quantitative estimate of drug-likeness (QED) is 0.573. The molecule has 0 bridgehead atoms. The highest BCUT2D eigenvalue weighted by Crippen LogP contribution is 2.23. The number of halogens is 2. The van der Waals surface area contributed by atoms with Gasteiger partial charge in [-0.05, 0) is 50.6 Å². The monoisotopic (exact) mass is 371 g/mol. The minimum Gasteiger partial charge on any atom is -0.255 e. The molecule has 0 saturated heterocycles. The van der Waals surface area contributed by atoms with Gasteiger partial charge in [0.15, 0.2) is 0 Å². The summed E-state index contributed by atoms with van der Waals surface area (Å²) in [6, 6.07) is 12.8. The number of nitrogens with zero attached hydrogens (tertiary/aromatic N) is 3. The number of aromatic nitrogens is 1. The van der Waals surface area contributed by atoms with Crippen molar-refractivity contribution in [2.75, 3.05) is 0 Å². The highest BCUT2D eigenvalue weighted by atomic mass is 32.1. The lowest BCUT2D eigenvalue weighted by molar-refractivity contribution is 0.627. The molecule has 26 heavy (non-hydrogen) atoms. The molecule has 0 amide bonds. The van der Waals surface area contributed by atoms with Gasteiger partial charge in [-0.3, -0.25) is 4.99 Å². The summed E-state index contributed by atoms with van der Waals surface area (Å²) < 4.78 is 29.1. The Labute approximate surface area is 155 Å². The standard InChI is InChI=1S/C20H19F2N3S/c1-13(2)23-20-25(24-14(3)15-8-10-16(21)11-9-15)19(12-26-20)17-6-4-5-7-18(17)22/h4-13H,1-3H3. The molecular formula is C20H19F2N3S. The van der Waals surface area contributed by atoms with Crippen molar-refractivity contribution in [1.29, 1.82) is 0 Å². The van der Waals surface area contributed by atoms with Gasteiger partial charge in [-0.15, -0.1) is 11.3 Å². The number of rotatable bonds is 4.